The Hall–Kier alpha value is -1.36. The molecule has 1 aromatic rings. The minimum atomic E-state index is -0.979. The molecule has 0 bridgehead atoms. The lowest BCUT2D eigenvalue weighted by Crippen LogP contribution is -2.32. The van der Waals surface area contributed by atoms with Crippen molar-refractivity contribution in [2.24, 2.45) is 5.73 Å². The van der Waals surface area contributed by atoms with Crippen LogP contribution in [0.3, 0.4) is 0 Å². The third-order valence-corrected chi connectivity index (χ3v) is 2.82. The summed E-state index contributed by atoms with van der Waals surface area (Å²) in [5, 5.41) is 13.3. The van der Waals surface area contributed by atoms with Gasteiger partial charge in [0.2, 0.25) is 0 Å². The standard InChI is InChI=1S/C12H21N3O2/c1-7-9(6-10(13)11(16)17)8(2)15(14-7)12(3,4)5/h10H,6,13H2,1-5H3,(H,16,17). The Morgan fingerprint density at radius 3 is 2.35 bits per heavy atom. The van der Waals surface area contributed by atoms with Crippen LogP contribution >= 0.6 is 0 Å². The number of nitrogens with zero attached hydrogens (tertiary/aromatic N) is 2. The molecule has 0 aliphatic heterocycles. The Morgan fingerprint density at radius 1 is 1.47 bits per heavy atom. The van der Waals surface area contributed by atoms with Crippen LogP contribution in [0.15, 0.2) is 0 Å². The van der Waals surface area contributed by atoms with E-state index in [9.17, 15) is 4.79 Å². The van der Waals surface area contributed by atoms with Crippen molar-refractivity contribution in [3.63, 3.8) is 0 Å². The van der Waals surface area contributed by atoms with Crippen LogP contribution in [0.2, 0.25) is 0 Å². The van der Waals surface area contributed by atoms with E-state index in [-0.39, 0.29) is 5.54 Å². The molecule has 1 heterocycles. The zero-order chi connectivity index (χ0) is 13.4. The number of aryl methyl sites for hydroxylation is 1. The lowest BCUT2D eigenvalue weighted by atomic mass is 10.0. The van der Waals surface area contributed by atoms with Crippen molar-refractivity contribution >= 4 is 5.97 Å². The summed E-state index contributed by atoms with van der Waals surface area (Å²) in [6.45, 7) is 10.0. The van der Waals surface area contributed by atoms with Gasteiger partial charge in [-0.15, -0.1) is 0 Å². The van der Waals surface area contributed by atoms with Gasteiger partial charge in [-0.05, 0) is 40.2 Å². The van der Waals surface area contributed by atoms with Gasteiger partial charge in [0.05, 0.1) is 11.2 Å². The van der Waals surface area contributed by atoms with Gasteiger partial charge in [-0.2, -0.15) is 5.10 Å². The molecule has 1 unspecified atom stereocenters. The molecule has 1 rings (SSSR count). The molecular formula is C12H21N3O2. The number of aromatic nitrogens is 2. The van der Waals surface area contributed by atoms with E-state index in [0.29, 0.717) is 6.42 Å². The molecule has 1 aromatic heterocycles. The van der Waals surface area contributed by atoms with E-state index >= 15 is 0 Å². The maximum Gasteiger partial charge on any atom is 0.320 e. The number of rotatable bonds is 3. The summed E-state index contributed by atoms with van der Waals surface area (Å²) in [4.78, 5) is 10.8. The Bertz CT molecular complexity index is 430. The third-order valence-electron chi connectivity index (χ3n) is 2.82. The molecule has 0 saturated heterocycles. The van der Waals surface area contributed by atoms with Crippen LogP contribution in [0.1, 0.15) is 37.7 Å². The number of carboxylic acids is 1. The Morgan fingerprint density at radius 2 is 2.00 bits per heavy atom. The van der Waals surface area contributed by atoms with Gasteiger partial charge in [-0.1, -0.05) is 0 Å². The number of hydrogen-bond donors (Lipinski definition) is 2. The van der Waals surface area contributed by atoms with E-state index in [2.05, 4.69) is 25.9 Å². The summed E-state index contributed by atoms with van der Waals surface area (Å²) >= 11 is 0. The summed E-state index contributed by atoms with van der Waals surface area (Å²) in [6, 6.07) is -0.870. The predicted molar refractivity (Wildman–Crippen MR) is 66.0 cm³/mol. The third kappa shape index (κ3) is 2.85. The van der Waals surface area contributed by atoms with Gasteiger partial charge in [0, 0.05) is 12.1 Å². The van der Waals surface area contributed by atoms with E-state index in [1.54, 1.807) is 0 Å². The Balaban J connectivity index is 3.10. The molecule has 3 N–H and O–H groups in total. The fourth-order valence-corrected chi connectivity index (χ4v) is 1.93. The summed E-state index contributed by atoms with van der Waals surface area (Å²) in [6.07, 6.45) is 0.322. The largest absolute Gasteiger partial charge is 0.480 e. The molecule has 96 valence electrons. The van der Waals surface area contributed by atoms with E-state index < -0.39 is 12.0 Å². The first-order valence-corrected chi connectivity index (χ1v) is 5.68. The molecule has 0 aliphatic carbocycles. The topological polar surface area (TPSA) is 81.1 Å². The van der Waals surface area contributed by atoms with Crippen molar-refractivity contribution in [1.29, 1.82) is 0 Å². The molecule has 1 atom stereocenters. The van der Waals surface area contributed by atoms with E-state index in [4.69, 9.17) is 10.8 Å². The van der Waals surface area contributed by atoms with Gasteiger partial charge in [0.25, 0.3) is 0 Å². The first-order valence-electron chi connectivity index (χ1n) is 5.68. The maximum atomic E-state index is 10.8. The highest BCUT2D eigenvalue weighted by molar-refractivity contribution is 5.73. The van der Waals surface area contributed by atoms with Gasteiger partial charge in [0.1, 0.15) is 6.04 Å². The van der Waals surface area contributed by atoms with Crippen LogP contribution < -0.4 is 5.73 Å². The number of nitrogens with two attached hydrogens (primary N) is 1. The zero-order valence-electron chi connectivity index (χ0n) is 11.1. The average Bonchev–Trinajstić information content (AvgIpc) is 2.44. The molecule has 0 fully saturated rings. The quantitative estimate of drug-likeness (QED) is 0.830. The molecule has 5 nitrogen and oxygen atoms in total. The highest BCUT2D eigenvalue weighted by atomic mass is 16.4. The van der Waals surface area contributed by atoms with Crippen LogP contribution in [-0.2, 0) is 16.8 Å². The molecule has 0 aromatic carbocycles. The molecule has 0 radical (unpaired) electrons. The van der Waals surface area contributed by atoms with Crippen LogP contribution in [-0.4, -0.2) is 26.9 Å². The van der Waals surface area contributed by atoms with Crippen LogP contribution in [0.25, 0.3) is 0 Å². The van der Waals surface area contributed by atoms with Crippen LogP contribution in [0.5, 0.6) is 0 Å². The first kappa shape index (κ1) is 13.7. The second-order valence-electron chi connectivity index (χ2n) is 5.38. The lowest BCUT2D eigenvalue weighted by Gasteiger charge is -2.21. The normalized spacial score (nSPS) is 13.8. The zero-order valence-corrected chi connectivity index (χ0v) is 11.1. The summed E-state index contributed by atoms with van der Waals surface area (Å²) < 4.78 is 1.92. The fraction of sp³-hybridized carbons (Fsp3) is 0.667. The smallest absolute Gasteiger partial charge is 0.320 e. The number of hydrogen-bond acceptors (Lipinski definition) is 3. The highest BCUT2D eigenvalue weighted by Gasteiger charge is 2.23. The SMILES string of the molecule is Cc1nn(C(C)(C)C)c(C)c1CC(N)C(=O)O. The van der Waals surface area contributed by atoms with Gasteiger partial charge < -0.3 is 10.8 Å². The maximum absolute atomic E-state index is 10.8. The van der Waals surface area contributed by atoms with Crippen LogP contribution in [0.4, 0.5) is 0 Å². The monoisotopic (exact) mass is 239 g/mol. The second kappa shape index (κ2) is 4.49. The summed E-state index contributed by atoms with van der Waals surface area (Å²) in [5.74, 6) is -0.979. The molecule has 0 aliphatic rings. The first-order chi connectivity index (χ1) is 7.64. The average molecular weight is 239 g/mol. The second-order valence-corrected chi connectivity index (χ2v) is 5.38. The van der Waals surface area contributed by atoms with Crippen molar-refractivity contribution in [3.8, 4) is 0 Å². The minimum Gasteiger partial charge on any atom is -0.480 e. The van der Waals surface area contributed by atoms with Gasteiger partial charge >= 0.3 is 5.97 Å². The van der Waals surface area contributed by atoms with E-state index in [0.717, 1.165) is 17.0 Å². The van der Waals surface area contributed by atoms with Crippen LogP contribution in [0, 0.1) is 13.8 Å². The number of carbonyl (C=O) groups is 1. The van der Waals surface area contributed by atoms with Gasteiger partial charge in [-0.25, -0.2) is 0 Å². The van der Waals surface area contributed by atoms with Gasteiger partial charge in [-0.3, -0.25) is 9.48 Å². The van der Waals surface area contributed by atoms with Gasteiger partial charge in [0.15, 0.2) is 0 Å². The number of aliphatic carboxylic acids is 1. The highest BCUT2D eigenvalue weighted by Crippen LogP contribution is 2.22. The molecule has 0 saturated carbocycles. The van der Waals surface area contributed by atoms with Crippen molar-refractivity contribution in [2.75, 3.05) is 0 Å². The minimum absolute atomic E-state index is 0.111. The summed E-state index contributed by atoms with van der Waals surface area (Å²) in [7, 11) is 0. The fourth-order valence-electron chi connectivity index (χ4n) is 1.93. The van der Waals surface area contributed by atoms with Crippen molar-refractivity contribution in [2.45, 2.75) is 52.6 Å². The van der Waals surface area contributed by atoms with E-state index in [1.807, 2.05) is 18.5 Å². The molecule has 17 heavy (non-hydrogen) atoms. The molecular weight excluding hydrogens is 218 g/mol. The molecule has 0 spiro atoms. The van der Waals surface area contributed by atoms with Crippen molar-refractivity contribution in [3.05, 3.63) is 17.0 Å². The lowest BCUT2D eigenvalue weighted by molar-refractivity contribution is -0.138. The van der Waals surface area contributed by atoms with E-state index in [1.165, 1.54) is 0 Å². The Labute approximate surface area is 102 Å². The molecule has 0 amide bonds. The van der Waals surface area contributed by atoms with Crippen molar-refractivity contribution in [1.82, 2.24) is 9.78 Å². The van der Waals surface area contributed by atoms with Crippen molar-refractivity contribution < 1.29 is 9.90 Å². The predicted octanol–water partition coefficient (Wildman–Crippen LogP) is 1.21. The number of carboxylic acid groups (broad SMARTS) is 1. The molecule has 5 heteroatoms. The Kier molecular flexibility index (Phi) is 3.62. The summed E-state index contributed by atoms with van der Waals surface area (Å²) in [5.41, 5.74) is 8.24.